The second-order valence-electron chi connectivity index (χ2n) is 8.22. The van der Waals surface area contributed by atoms with Gasteiger partial charge in [0.15, 0.2) is 16.8 Å². The number of rotatable bonds is 9. The van der Waals surface area contributed by atoms with E-state index in [-0.39, 0.29) is 33.8 Å². The highest BCUT2D eigenvalue weighted by molar-refractivity contribution is 7.85. The number of carboxylic acid groups (broad SMARTS) is 2. The first-order chi connectivity index (χ1) is 19.3. The van der Waals surface area contributed by atoms with Gasteiger partial charge in [-0.3, -0.25) is 19.2 Å². The topological polar surface area (TPSA) is 239 Å². The number of aromatic amines is 1. The molecule has 4 rings (SSSR count). The smallest absolute Gasteiger partial charge is 0.354 e. The van der Waals surface area contributed by atoms with Crippen molar-refractivity contribution in [2.75, 3.05) is 0 Å². The van der Waals surface area contributed by atoms with Gasteiger partial charge in [0.2, 0.25) is 0 Å². The average Bonchev–Trinajstić information content (AvgIpc) is 3.25. The van der Waals surface area contributed by atoms with Gasteiger partial charge in [0.25, 0.3) is 21.2 Å². The second kappa shape index (κ2) is 11.3. The lowest BCUT2D eigenvalue weighted by molar-refractivity contribution is 0.0681. The Hall–Kier alpha value is -4.97. The van der Waals surface area contributed by atoms with Crippen LogP contribution in [0.1, 0.15) is 32.0 Å². The van der Waals surface area contributed by atoms with Crippen LogP contribution in [-0.4, -0.2) is 63.4 Å². The molecule has 17 heteroatoms. The molecule has 0 bridgehead atoms. The third kappa shape index (κ3) is 5.97. The molecule has 0 spiro atoms. The standard InChI is InChI=1S/C24H18N4O11S2/c29-21-17(19(23(31)32)12-25-27(21)13-6-10-16(11-7-13)41(37,38)39)2-1-3-18-20(24(33)34)26-28(22(18)30)14-4-8-15(9-5-14)40(35)36/h1,3-12,26H,2H2,(H,31,32)(H,33,34)(H,35,36)(H,37,38,39). The molecule has 2 heterocycles. The SMILES string of the molecule is O=C(O)c1cnn(-c2ccc(S(=O)(=O)O)cc2)c(=O)c1CC=Cc1c(C(=O)O)[nH]n(-c2ccc(S(=O)O)cc2)c1=O. The van der Waals surface area contributed by atoms with E-state index < -0.39 is 60.4 Å². The Labute approximate surface area is 231 Å². The largest absolute Gasteiger partial charge is 0.478 e. The van der Waals surface area contributed by atoms with Crippen molar-refractivity contribution in [2.45, 2.75) is 16.2 Å². The Kier molecular flexibility index (Phi) is 7.97. The van der Waals surface area contributed by atoms with E-state index in [2.05, 4.69) is 10.2 Å². The summed E-state index contributed by atoms with van der Waals surface area (Å²) >= 11 is -2.26. The van der Waals surface area contributed by atoms with Crippen LogP contribution in [0.15, 0.2) is 80.2 Å². The van der Waals surface area contributed by atoms with Crippen LogP contribution < -0.4 is 11.1 Å². The van der Waals surface area contributed by atoms with Gasteiger partial charge in [-0.25, -0.2) is 18.5 Å². The summed E-state index contributed by atoms with van der Waals surface area (Å²) in [6.07, 6.45) is 2.85. The summed E-state index contributed by atoms with van der Waals surface area (Å²) in [5.41, 5.74) is -3.04. The number of aromatic carboxylic acids is 2. The van der Waals surface area contributed by atoms with E-state index in [9.17, 15) is 42.0 Å². The highest BCUT2D eigenvalue weighted by Gasteiger charge is 2.20. The van der Waals surface area contributed by atoms with Gasteiger partial charge < -0.3 is 14.8 Å². The number of carboxylic acids is 2. The Morgan fingerprint density at radius 3 is 2.10 bits per heavy atom. The minimum atomic E-state index is -4.50. The summed E-state index contributed by atoms with van der Waals surface area (Å²) < 4.78 is 53.8. The minimum Gasteiger partial charge on any atom is -0.478 e. The van der Waals surface area contributed by atoms with Gasteiger partial charge >= 0.3 is 11.9 Å². The Morgan fingerprint density at radius 1 is 0.951 bits per heavy atom. The molecule has 0 radical (unpaired) electrons. The van der Waals surface area contributed by atoms with Gasteiger partial charge in [0.1, 0.15) is 0 Å². The fourth-order valence-corrected chi connectivity index (χ4v) is 4.62. The molecule has 0 fully saturated rings. The molecule has 0 saturated carbocycles. The molecular formula is C24H18N4O11S2. The number of aromatic nitrogens is 4. The molecule has 1 unspecified atom stereocenters. The molecule has 2 aromatic heterocycles. The maximum absolute atomic E-state index is 13.2. The van der Waals surface area contributed by atoms with Crippen molar-refractivity contribution in [1.29, 1.82) is 0 Å². The molecule has 4 aromatic rings. The zero-order valence-corrected chi connectivity index (χ0v) is 22.0. The van der Waals surface area contributed by atoms with Gasteiger partial charge in [-0.15, -0.1) is 0 Å². The van der Waals surface area contributed by atoms with E-state index in [1.807, 2.05) is 0 Å². The van der Waals surface area contributed by atoms with Gasteiger partial charge in [0, 0.05) is 5.56 Å². The summed E-state index contributed by atoms with van der Waals surface area (Å²) in [5, 5.41) is 25.4. The molecule has 0 aliphatic carbocycles. The summed E-state index contributed by atoms with van der Waals surface area (Å²) in [6.45, 7) is 0. The van der Waals surface area contributed by atoms with Crippen LogP contribution in [0.4, 0.5) is 0 Å². The Balaban J connectivity index is 1.73. The maximum atomic E-state index is 13.2. The molecule has 0 aliphatic heterocycles. The first kappa shape index (κ1) is 29.0. The van der Waals surface area contributed by atoms with Crippen molar-refractivity contribution in [3.05, 3.63) is 104 Å². The number of hydrogen-bond acceptors (Lipinski definition) is 8. The predicted molar refractivity (Wildman–Crippen MR) is 142 cm³/mol. The van der Waals surface area contributed by atoms with Crippen molar-refractivity contribution in [2.24, 2.45) is 0 Å². The summed E-state index contributed by atoms with van der Waals surface area (Å²) in [4.78, 5) is 49.3. The monoisotopic (exact) mass is 602 g/mol. The van der Waals surface area contributed by atoms with Crippen LogP contribution in [0.2, 0.25) is 0 Å². The molecule has 5 N–H and O–H groups in total. The van der Waals surface area contributed by atoms with E-state index in [1.54, 1.807) is 0 Å². The number of allylic oxidation sites excluding steroid dienone is 1. The van der Waals surface area contributed by atoms with Crippen LogP contribution in [0.3, 0.4) is 0 Å². The van der Waals surface area contributed by atoms with Gasteiger partial charge in [-0.05, 0) is 55.0 Å². The quantitative estimate of drug-likeness (QED) is 0.134. The Bertz CT molecular complexity index is 1950. The molecule has 1 atom stereocenters. The number of hydrogen-bond donors (Lipinski definition) is 5. The maximum Gasteiger partial charge on any atom is 0.354 e. The van der Waals surface area contributed by atoms with Crippen molar-refractivity contribution >= 4 is 39.2 Å². The van der Waals surface area contributed by atoms with Crippen molar-refractivity contribution < 1.29 is 41.5 Å². The lowest BCUT2D eigenvalue weighted by atomic mass is 10.1. The molecular weight excluding hydrogens is 584 g/mol. The van der Waals surface area contributed by atoms with Crippen LogP contribution in [-0.2, 0) is 27.6 Å². The highest BCUT2D eigenvalue weighted by Crippen LogP contribution is 2.15. The lowest BCUT2D eigenvalue weighted by Crippen LogP contribution is -2.27. The van der Waals surface area contributed by atoms with Crippen LogP contribution in [0.25, 0.3) is 17.5 Å². The van der Waals surface area contributed by atoms with Gasteiger partial charge in [-0.1, -0.05) is 12.2 Å². The molecule has 15 nitrogen and oxygen atoms in total. The Morgan fingerprint density at radius 2 is 1.56 bits per heavy atom. The summed E-state index contributed by atoms with van der Waals surface area (Å²) in [6, 6.07) is 9.56. The molecule has 2 aromatic carbocycles. The number of nitrogens with one attached hydrogen (secondary N) is 1. The predicted octanol–water partition coefficient (Wildman–Crippen LogP) is 1.19. The van der Waals surface area contributed by atoms with Crippen molar-refractivity contribution in [3.63, 3.8) is 0 Å². The molecule has 0 aliphatic rings. The third-order valence-electron chi connectivity index (χ3n) is 5.73. The fraction of sp³-hybridized carbons (Fsp3) is 0.0417. The van der Waals surface area contributed by atoms with Crippen molar-refractivity contribution in [3.8, 4) is 11.4 Å². The van der Waals surface area contributed by atoms with Crippen LogP contribution in [0, 0.1) is 0 Å². The van der Waals surface area contributed by atoms with Crippen LogP contribution in [0.5, 0.6) is 0 Å². The van der Waals surface area contributed by atoms with Gasteiger partial charge in [0.05, 0.1) is 38.5 Å². The average molecular weight is 603 g/mol. The third-order valence-corrected chi connectivity index (χ3v) is 7.27. The number of H-pyrrole nitrogens is 1. The lowest BCUT2D eigenvalue weighted by Gasteiger charge is -2.09. The van der Waals surface area contributed by atoms with E-state index in [1.165, 1.54) is 42.5 Å². The first-order valence-electron chi connectivity index (χ1n) is 11.2. The van der Waals surface area contributed by atoms with E-state index in [4.69, 9.17) is 9.11 Å². The molecule has 0 amide bonds. The number of carbonyl (C=O) groups is 2. The number of benzene rings is 2. The minimum absolute atomic E-state index is 0.0542. The van der Waals surface area contributed by atoms with Crippen LogP contribution >= 0.6 is 0 Å². The fourth-order valence-electron chi connectivity index (χ4n) is 3.77. The highest BCUT2D eigenvalue weighted by atomic mass is 32.2. The second-order valence-corrected chi connectivity index (χ2v) is 10.6. The van der Waals surface area contributed by atoms with Gasteiger partial charge in [-0.2, -0.15) is 18.2 Å². The van der Waals surface area contributed by atoms with Crippen molar-refractivity contribution in [1.82, 2.24) is 19.6 Å². The van der Waals surface area contributed by atoms with E-state index in [0.717, 1.165) is 33.8 Å². The molecule has 212 valence electrons. The first-order valence-corrected chi connectivity index (χ1v) is 13.7. The summed E-state index contributed by atoms with van der Waals surface area (Å²) in [7, 11) is -4.50. The molecule has 41 heavy (non-hydrogen) atoms. The zero-order valence-electron chi connectivity index (χ0n) is 20.4. The normalized spacial score (nSPS) is 12.4. The molecule has 0 saturated heterocycles. The van der Waals surface area contributed by atoms with E-state index >= 15 is 0 Å². The summed E-state index contributed by atoms with van der Waals surface area (Å²) in [5.74, 6) is -2.96. The van der Waals surface area contributed by atoms with E-state index in [0.29, 0.717) is 0 Å². The number of nitrogens with zero attached hydrogens (tertiary/aromatic N) is 3. The zero-order chi connectivity index (χ0) is 30.1.